The van der Waals surface area contributed by atoms with Gasteiger partial charge in [0.05, 0.1) is 0 Å². The predicted molar refractivity (Wildman–Crippen MR) is 95.8 cm³/mol. The number of aromatic nitrogens is 2. The standard InChI is InChI=1S/C19H24N4O/c1-3-4-11-20-18(24)16-13-14(2)21-19(22-16)23-12-7-9-15-8-5-6-10-17(15)23/h5-6,8,10,13H,3-4,7,9,11-12H2,1-2H3,(H,20,24). The Bertz CT molecular complexity index is 729. The number of nitrogens with zero attached hydrogens (tertiary/aromatic N) is 3. The van der Waals surface area contributed by atoms with Crippen molar-refractivity contribution < 1.29 is 4.79 Å². The number of hydrogen-bond acceptors (Lipinski definition) is 4. The maximum absolute atomic E-state index is 12.3. The summed E-state index contributed by atoms with van der Waals surface area (Å²) in [5.74, 6) is 0.489. The van der Waals surface area contributed by atoms with Crippen molar-refractivity contribution in [1.82, 2.24) is 15.3 Å². The maximum atomic E-state index is 12.3. The van der Waals surface area contributed by atoms with Crippen LogP contribution < -0.4 is 10.2 Å². The summed E-state index contributed by atoms with van der Waals surface area (Å²) in [4.78, 5) is 23.6. The van der Waals surface area contributed by atoms with E-state index in [1.165, 1.54) is 5.56 Å². The number of carbonyl (C=O) groups is 1. The van der Waals surface area contributed by atoms with Crippen LogP contribution in [-0.2, 0) is 6.42 Å². The van der Waals surface area contributed by atoms with E-state index in [-0.39, 0.29) is 5.91 Å². The lowest BCUT2D eigenvalue weighted by Crippen LogP contribution is -2.29. The first-order chi connectivity index (χ1) is 11.7. The topological polar surface area (TPSA) is 58.1 Å². The highest BCUT2D eigenvalue weighted by Gasteiger charge is 2.21. The summed E-state index contributed by atoms with van der Waals surface area (Å²) in [7, 11) is 0. The molecule has 1 aromatic carbocycles. The molecule has 0 radical (unpaired) electrons. The third kappa shape index (κ3) is 3.55. The molecule has 1 aliphatic heterocycles. The van der Waals surface area contributed by atoms with Crippen molar-refractivity contribution in [2.75, 3.05) is 18.0 Å². The predicted octanol–water partition coefficient (Wildman–Crippen LogP) is 3.40. The molecule has 1 N–H and O–H groups in total. The van der Waals surface area contributed by atoms with Crippen LogP contribution in [0.3, 0.4) is 0 Å². The van der Waals surface area contributed by atoms with E-state index >= 15 is 0 Å². The molecule has 24 heavy (non-hydrogen) atoms. The van der Waals surface area contributed by atoms with Crippen LogP contribution in [-0.4, -0.2) is 29.0 Å². The summed E-state index contributed by atoms with van der Waals surface area (Å²) in [6, 6.07) is 10.1. The summed E-state index contributed by atoms with van der Waals surface area (Å²) in [6.45, 7) is 5.56. The number of nitrogens with one attached hydrogen (secondary N) is 1. The van der Waals surface area contributed by atoms with Gasteiger partial charge >= 0.3 is 0 Å². The zero-order valence-electron chi connectivity index (χ0n) is 14.4. The van der Waals surface area contributed by atoms with Gasteiger partial charge in [-0.3, -0.25) is 4.79 Å². The fraction of sp³-hybridized carbons (Fsp3) is 0.421. The van der Waals surface area contributed by atoms with Crippen molar-refractivity contribution in [2.45, 2.75) is 39.5 Å². The molecular weight excluding hydrogens is 300 g/mol. The molecule has 0 unspecified atom stereocenters. The molecule has 5 heteroatoms. The lowest BCUT2D eigenvalue weighted by Gasteiger charge is -2.29. The minimum absolute atomic E-state index is 0.125. The van der Waals surface area contributed by atoms with E-state index in [1.54, 1.807) is 6.07 Å². The Kier molecular flexibility index (Phi) is 5.08. The molecule has 0 saturated heterocycles. The number of fused-ring (bicyclic) bond motifs is 1. The highest BCUT2D eigenvalue weighted by atomic mass is 16.1. The normalized spacial score (nSPS) is 13.5. The minimum atomic E-state index is -0.125. The average molecular weight is 324 g/mol. The molecule has 5 nitrogen and oxygen atoms in total. The van der Waals surface area contributed by atoms with Crippen molar-refractivity contribution in [2.24, 2.45) is 0 Å². The van der Waals surface area contributed by atoms with Gasteiger partial charge in [0, 0.05) is 24.5 Å². The SMILES string of the molecule is CCCCNC(=O)c1cc(C)nc(N2CCCc3ccccc32)n1. The number of aryl methyl sites for hydroxylation is 2. The molecule has 0 bridgehead atoms. The zero-order chi connectivity index (χ0) is 16.9. The number of benzene rings is 1. The van der Waals surface area contributed by atoms with Gasteiger partial charge in [-0.1, -0.05) is 31.5 Å². The fourth-order valence-electron chi connectivity index (χ4n) is 3.00. The van der Waals surface area contributed by atoms with Crippen molar-refractivity contribution in [1.29, 1.82) is 0 Å². The number of anilines is 2. The fourth-order valence-corrected chi connectivity index (χ4v) is 3.00. The number of hydrogen-bond donors (Lipinski definition) is 1. The Morgan fingerprint density at radius 1 is 1.29 bits per heavy atom. The van der Waals surface area contributed by atoms with Gasteiger partial charge in [-0.15, -0.1) is 0 Å². The number of amides is 1. The monoisotopic (exact) mass is 324 g/mol. The first-order valence-electron chi connectivity index (χ1n) is 8.68. The molecule has 2 heterocycles. The van der Waals surface area contributed by atoms with Crippen LogP contribution in [0.1, 0.15) is 47.9 Å². The molecule has 0 aliphatic carbocycles. The van der Waals surface area contributed by atoms with E-state index in [0.717, 1.165) is 43.6 Å². The molecular formula is C19H24N4O. The van der Waals surface area contributed by atoms with Crippen LogP contribution in [0.5, 0.6) is 0 Å². The maximum Gasteiger partial charge on any atom is 0.270 e. The molecule has 0 atom stereocenters. The number of unbranched alkanes of at least 4 members (excludes halogenated alkanes) is 1. The van der Waals surface area contributed by atoms with Gasteiger partial charge in [-0.2, -0.15) is 0 Å². The first kappa shape index (κ1) is 16.4. The van der Waals surface area contributed by atoms with E-state index in [0.29, 0.717) is 18.2 Å². The summed E-state index contributed by atoms with van der Waals surface area (Å²) in [6.07, 6.45) is 4.16. The second-order valence-corrected chi connectivity index (χ2v) is 6.19. The number of carbonyl (C=O) groups excluding carboxylic acids is 1. The summed E-state index contributed by atoms with van der Waals surface area (Å²) < 4.78 is 0. The molecule has 0 fully saturated rings. The Morgan fingerprint density at radius 3 is 2.96 bits per heavy atom. The molecule has 1 aliphatic rings. The first-order valence-corrected chi connectivity index (χ1v) is 8.68. The zero-order valence-corrected chi connectivity index (χ0v) is 14.4. The van der Waals surface area contributed by atoms with Gasteiger partial charge in [0.25, 0.3) is 5.91 Å². The van der Waals surface area contributed by atoms with Crippen LogP contribution >= 0.6 is 0 Å². The van der Waals surface area contributed by atoms with Crippen molar-refractivity contribution >= 4 is 17.5 Å². The van der Waals surface area contributed by atoms with Gasteiger partial charge in [0.2, 0.25) is 5.95 Å². The number of para-hydroxylation sites is 1. The van der Waals surface area contributed by atoms with Crippen molar-refractivity contribution in [3.63, 3.8) is 0 Å². The van der Waals surface area contributed by atoms with Crippen molar-refractivity contribution in [3.05, 3.63) is 47.3 Å². The smallest absolute Gasteiger partial charge is 0.270 e. The van der Waals surface area contributed by atoms with Gasteiger partial charge in [-0.05, 0) is 43.9 Å². The van der Waals surface area contributed by atoms with Crippen LogP contribution in [0, 0.1) is 6.92 Å². The molecule has 1 aromatic heterocycles. The molecule has 3 rings (SSSR count). The quantitative estimate of drug-likeness (QED) is 0.857. The molecule has 2 aromatic rings. The van der Waals surface area contributed by atoms with Gasteiger partial charge in [-0.25, -0.2) is 9.97 Å². The van der Waals surface area contributed by atoms with Crippen LogP contribution in [0.2, 0.25) is 0 Å². The minimum Gasteiger partial charge on any atom is -0.351 e. The van der Waals surface area contributed by atoms with Gasteiger partial charge in [0.15, 0.2) is 0 Å². The number of rotatable bonds is 5. The van der Waals surface area contributed by atoms with Crippen LogP contribution in [0.4, 0.5) is 11.6 Å². The Morgan fingerprint density at radius 2 is 2.12 bits per heavy atom. The Balaban J connectivity index is 1.88. The molecule has 126 valence electrons. The highest BCUT2D eigenvalue weighted by molar-refractivity contribution is 5.92. The lowest BCUT2D eigenvalue weighted by atomic mass is 10.0. The Hall–Kier alpha value is -2.43. The molecule has 0 spiro atoms. The molecule has 1 amide bonds. The van der Waals surface area contributed by atoms with E-state index in [9.17, 15) is 4.79 Å². The highest BCUT2D eigenvalue weighted by Crippen LogP contribution is 2.31. The largest absolute Gasteiger partial charge is 0.351 e. The third-order valence-electron chi connectivity index (χ3n) is 4.24. The summed E-state index contributed by atoms with van der Waals surface area (Å²) in [5, 5.41) is 2.93. The van der Waals surface area contributed by atoms with Crippen LogP contribution in [0.25, 0.3) is 0 Å². The lowest BCUT2D eigenvalue weighted by molar-refractivity contribution is 0.0948. The van der Waals surface area contributed by atoms with Crippen molar-refractivity contribution in [3.8, 4) is 0 Å². The van der Waals surface area contributed by atoms with Gasteiger partial charge < -0.3 is 10.2 Å². The van der Waals surface area contributed by atoms with Crippen LogP contribution in [0.15, 0.2) is 30.3 Å². The summed E-state index contributed by atoms with van der Waals surface area (Å²) in [5.41, 5.74) is 3.70. The van der Waals surface area contributed by atoms with E-state index in [1.807, 2.05) is 13.0 Å². The van der Waals surface area contributed by atoms with E-state index < -0.39 is 0 Å². The second kappa shape index (κ2) is 7.43. The Labute approximate surface area is 143 Å². The second-order valence-electron chi connectivity index (χ2n) is 6.19. The van der Waals surface area contributed by atoms with E-state index in [4.69, 9.17) is 0 Å². The molecule has 0 saturated carbocycles. The summed E-state index contributed by atoms with van der Waals surface area (Å²) >= 11 is 0. The average Bonchev–Trinajstić information content (AvgIpc) is 2.61. The van der Waals surface area contributed by atoms with E-state index in [2.05, 4.69) is 45.3 Å². The van der Waals surface area contributed by atoms with Gasteiger partial charge in [0.1, 0.15) is 5.69 Å². The third-order valence-corrected chi connectivity index (χ3v) is 4.24.